The number of ether oxygens (including phenoxy) is 1. The van der Waals surface area contributed by atoms with Crippen LogP contribution in [0.15, 0.2) is 9.64 Å². The summed E-state index contributed by atoms with van der Waals surface area (Å²) in [5.74, 6) is 0.237. The van der Waals surface area contributed by atoms with Gasteiger partial charge in [-0.15, -0.1) is 22.6 Å². The number of halogens is 1. The highest BCUT2D eigenvalue weighted by Gasteiger charge is 2.35. The molecule has 1 aliphatic rings. The minimum Gasteiger partial charge on any atom is -0.465 e. The van der Waals surface area contributed by atoms with Crippen molar-refractivity contribution in [1.29, 1.82) is 0 Å². The number of amides is 1. The van der Waals surface area contributed by atoms with E-state index in [0.29, 0.717) is 30.5 Å². The van der Waals surface area contributed by atoms with Crippen LogP contribution >= 0.6 is 24.2 Å². The molecule has 1 aromatic rings. The molecule has 0 spiro atoms. The minimum atomic E-state index is -0.593. The number of thioether (sulfide) groups is 1. The number of rotatable bonds is 14. The Hall–Kier alpha value is -1.65. The maximum Gasteiger partial charge on any atom is 0.320 e. The van der Waals surface area contributed by atoms with Crippen LogP contribution in [0.3, 0.4) is 0 Å². The van der Waals surface area contributed by atoms with Crippen molar-refractivity contribution in [3.8, 4) is 0 Å². The van der Waals surface area contributed by atoms with Crippen molar-refractivity contribution in [1.82, 2.24) is 20.0 Å². The molecule has 0 saturated heterocycles. The summed E-state index contributed by atoms with van der Waals surface area (Å²) in [5.41, 5.74) is 0. The van der Waals surface area contributed by atoms with E-state index in [1.54, 1.807) is 11.8 Å². The van der Waals surface area contributed by atoms with Crippen molar-refractivity contribution in [3.63, 3.8) is 0 Å². The summed E-state index contributed by atoms with van der Waals surface area (Å²) in [5, 5.41) is 8.25. The van der Waals surface area contributed by atoms with E-state index in [-0.39, 0.29) is 48.6 Å². The molecule has 2 rings (SSSR count). The second-order valence-electron chi connectivity index (χ2n) is 8.62. The number of nitrogens with zero attached hydrogens (tertiary/aromatic N) is 4. The van der Waals surface area contributed by atoms with Gasteiger partial charge in [-0.2, -0.15) is 0 Å². The van der Waals surface area contributed by atoms with Gasteiger partial charge in [0.2, 0.25) is 12.2 Å². The molecular weight excluding hydrogens is 468 g/mol. The summed E-state index contributed by atoms with van der Waals surface area (Å²) < 4.78 is 10.6. The molecule has 0 N–H and O–H groups in total. The average molecular weight is 505 g/mol. The molecule has 11 heteroatoms. The molecule has 1 fully saturated rings. The molecule has 0 aliphatic heterocycles. The molecule has 33 heavy (non-hydrogen) atoms. The number of aromatic nitrogens is 2. The van der Waals surface area contributed by atoms with E-state index < -0.39 is 6.04 Å². The van der Waals surface area contributed by atoms with Crippen molar-refractivity contribution < 1.29 is 23.5 Å². The summed E-state index contributed by atoms with van der Waals surface area (Å²) >= 11 is 1.33. The van der Waals surface area contributed by atoms with Crippen LogP contribution in [0.2, 0.25) is 0 Å². The topological polar surface area (TPSA) is 106 Å². The summed E-state index contributed by atoms with van der Waals surface area (Å²) in [6.07, 6.45) is 6.53. The summed E-state index contributed by atoms with van der Waals surface area (Å²) in [7, 11) is 1.83. The van der Waals surface area contributed by atoms with Gasteiger partial charge in [-0.1, -0.05) is 44.9 Å². The van der Waals surface area contributed by atoms with Crippen molar-refractivity contribution in [2.75, 3.05) is 32.5 Å². The normalized spacial score (nSPS) is 15.2. The summed E-state index contributed by atoms with van der Waals surface area (Å²) in [6.45, 7) is 7.03. The van der Waals surface area contributed by atoms with E-state index in [1.165, 1.54) is 18.2 Å². The van der Waals surface area contributed by atoms with Crippen molar-refractivity contribution >= 4 is 42.3 Å². The molecule has 0 radical (unpaired) electrons. The van der Waals surface area contributed by atoms with E-state index in [1.807, 2.05) is 25.8 Å². The van der Waals surface area contributed by atoms with Gasteiger partial charge in [-0.25, -0.2) is 0 Å². The molecule has 1 heterocycles. The first-order valence-electron chi connectivity index (χ1n) is 11.4. The van der Waals surface area contributed by atoms with Crippen molar-refractivity contribution in [2.45, 2.75) is 76.6 Å². The maximum absolute atomic E-state index is 13.2. The summed E-state index contributed by atoms with van der Waals surface area (Å²) in [6, 6.07) is -0.509. The van der Waals surface area contributed by atoms with Gasteiger partial charge in [-0.3, -0.25) is 19.3 Å². The fraction of sp³-hybridized carbons (Fsp3) is 0.773. The van der Waals surface area contributed by atoms with Gasteiger partial charge < -0.3 is 14.1 Å². The lowest BCUT2D eigenvalue weighted by Gasteiger charge is -2.36. The van der Waals surface area contributed by atoms with Gasteiger partial charge in [0.1, 0.15) is 6.04 Å². The van der Waals surface area contributed by atoms with Crippen molar-refractivity contribution in [3.05, 3.63) is 5.89 Å². The van der Waals surface area contributed by atoms with E-state index in [0.717, 1.165) is 32.1 Å². The fourth-order valence-electron chi connectivity index (χ4n) is 3.91. The first kappa shape index (κ1) is 29.4. The maximum atomic E-state index is 13.2. The highest BCUT2D eigenvalue weighted by atomic mass is 35.5. The van der Waals surface area contributed by atoms with Crippen LogP contribution in [0.1, 0.15) is 70.0 Å². The molecule has 1 unspecified atom stereocenters. The van der Waals surface area contributed by atoms with Gasteiger partial charge >= 0.3 is 5.97 Å². The Morgan fingerprint density at radius 1 is 1.24 bits per heavy atom. The molecule has 0 aromatic carbocycles. The second-order valence-corrected chi connectivity index (χ2v) is 9.66. The zero-order valence-corrected chi connectivity index (χ0v) is 21.7. The van der Waals surface area contributed by atoms with Crippen LogP contribution in [0, 0.1) is 5.92 Å². The van der Waals surface area contributed by atoms with Gasteiger partial charge in [0.25, 0.3) is 11.1 Å². The third-order valence-electron chi connectivity index (χ3n) is 5.50. The minimum absolute atomic E-state index is 0. The lowest BCUT2D eigenvalue weighted by molar-refractivity contribution is -0.144. The first-order chi connectivity index (χ1) is 15.3. The molecule has 9 nitrogen and oxygen atoms in total. The van der Waals surface area contributed by atoms with Crippen LogP contribution < -0.4 is 0 Å². The number of hydrogen-bond acceptors (Lipinski definition) is 9. The van der Waals surface area contributed by atoms with E-state index in [2.05, 4.69) is 10.2 Å². The largest absolute Gasteiger partial charge is 0.465 e. The fourth-order valence-corrected chi connectivity index (χ4v) is 4.72. The molecule has 1 aliphatic carbocycles. The van der Waals surface area contributed by atoms with Crippen LogP contribution in [0.5, 0.6) is 0 Å². The number of ketones is 1. The number of carbonyl (C=O) groups excluding carboxylic acids is 3. The third-order valence-corrected chi connectivity index (χ3v) is 6.29. The lowest BCUT2D eigenvalue weighted by atomic mass is 9.91. The lowest BCUT2D eigenvalue weighted by Crippen LogP contribution is -2.48. The Kier molecular flexibility index (Phi) is 13.6. The highest BCUT2D eigenvalue weighted by molar-refractivity contribution is 7.99. The Morgan fingerprint density at radius 3 is 2.55 bits per heavy atom. The number of Topliss-reactive ketones (excluding diaryl/α,β-unsaturated/α-hetero) is 1. The number of likely N-dealkylation sites (N-methyl/N-ethyl adjacent to an activating group) is 1. The molecule has 0 bridgehead atoms. The van der Waals surface area contributed by atoms with Gasteiger partial charge in [0.05, 0.1) is 13.2 Å². The smallest absolute Gasteiger partial charge is 0.320 e. The van der Waals surface area contributed by atoms with Crippen LogP contribution in [0.25, 0.3) is 0 Å². The van der Waals surface area contributed by atoms with E-state index >= 15 is 0 Å². The Bertz CT molecular complexity index is 742. The Balaban J connectivity index is 0.00000544. The van der Waals surface area contributed by atoms with Gasteiger partial charge in [0.15, 0.2) is 0 Å². The summed E-state index contributed by atoms with van der Waals surface area (Å²) in [4.78, 5) is 40.2. The zero-order valence-electron chi connectivity index (χ0n) is 20.0. The number of hydrogen-bond donors (Lipinski definition) is 0. The van der Waals surface area contributed by atoms with Gasteiger partial charge in [-0.05, 0) is 39.2 Å². The number of esters is 1. The first-order valence-corrected chi connectivity index (χ1v) is 12.4. The molecule has 1 amide bonds. The van der Waals surface area contributed by atoms with Crippen LogP contribution in [-0.4, -0.2) is 82.7 Å². The number of carbonyl (C=O) groups is 3. The molecule has 1 saturated carbocycles. The zero-order chi connectivity index (χ0) is 23.5. The SMILES string of the molecule is CCOC(=O)CN(C)CCSc1nnc(C(=O)C(CC(C)C)N(C=O)C2CCCCC2)o1.Cl. The van der Waals surface area contributed by atoms with E-state index in [9.17, 15) is 14.4 Å². The molecule has 188 valence electrons. The molecular formula is C22H37ClN4O5S. The second kappa shape index (κ2) is 15.3. The molecule has 1 atom stereocenters. The average Bonchev–Trinajstić information content (AvgIpc) is 3.22. The monoisotopic (exact) mass is 504 g/mol. The van der Waals surface area contributed by atoms with Crippen LogP contribution in [-0.2, 0) is 14.3 Å². The Labute approximate surface area is 206 Å². The molecule has 1 aromatic heterocycles. The van der Waals surface area contributed by atoms with Crippen LogP contribution in [0.4, 0.5) is 0 Å². The van der Waals surface area contributed by atoms with Gasteiger partial charge in [0, 0.05) is 18.3 Å². The quantitative estimate of drug-likeness (QED) is 0.163. The van der Waals surface area contributed by atoms with Crippen molar-refractivity contribution in [2.24, 2.45) is 5.92 Å². The Morgan fingerprint density at radius 2 is 1.94 bits per heavy atom. The third kappa shape index (κ3) is 9.62. The highest BCUT2D eigenvalue weighted by Crippen LogP contribution is 2.27. The predicted octanol–water partition coefficient (Wildman–Crippen LogP) is 3.47. The standard InChI is InChI=1S/C22H36N4O5S.ClH/c1-5-30-19(28)14-25(4)11-12-32-22-24-23-21(31-22)20(29)18(13-16(2)3)26(15-27)17-9-7-6-8-10-17;/h15-18H,5-14H2,1-4H3;1H. The van der Waals surface area contributed by atoms with E-state index in [4.69, 9.17) is 9.15 Å². The predicted molar refractivity (Wildman–Crippen MR) is 129 cm³/mol.